The summed E-state index contributed by atoms with van der Waals surface area (Å²) in [5, 5.41) is 5.54. The second-order valence-electron chi connectivity index (χ2n) is 6.63. The normalized spacial score (nSPS) is 17.7. The second kappa shape index (κ2) is 6.15. The van der Waals surface area contributed by atoms with Crippen LogP contribution in [0.3, 0.4) is 0 Å². The number of rotatable bonds is 4. The Morgan fingerprint density at radius 1 is 1.29 bits per heavy atom. The fourth-order valence-electron chi connectivity index (χ4n) is 3.65. The van der Waals surface area contributed by atoms with Crippen molar-refractivity contribution >= 4 is 16.8 Å². The predicted octanol–water partition coefficient (Wildman–Crippen LogP) is 2.84. The number of amides is 1. The Morgan fingerprint density at radius 2 is 2.17 bits per heavy atom. The van der Waals surface area contributed by atoms with Crippen molar-refractivity contribution < 1.29 is 4.79 Å². The molecule has 1 amide bonds. The molecule has 0 bridgehead atoms. The van der Waals surface area contributed by atoms with Crippen molar-refractivity contribution in [3.63, 3.8) is 0 Å². The van der Waals surface area contributed by atoms with Gasteiger partial charge in [0.25, 0.3) is 0 Å². The molecule has 0 spiro atoms. The van der Waals surface area contributed by atoms with Gasteiger partial charge in [0.2, 0.25) is 5.91 Å². The molecule has 0 saturated carbocycles. The summed E-state index contributed by atoms with van der Waals surface area (Å²) in [6, 6.07) is 10.5. The number of carbonyl (C=O) groups excluding carboxylic acids is 1. The first-order valence-electron chi connectivity index (χ1n) is 8.53. The summed E-state index contributed by atoms with van der Waals surface area (Å²) < 4.78 is 4.00. The van der Waals surface area contributed by atoms with Crippen LogP contribution in [0, 0.1) is 6.92 Å². The fourth-order valence-corrected chi connectivity index (χ4v) is 3.65. The third-order valence-corrected chi connectivity index (χ3v) is 4.84. The molecule has 1 aliphatic rings. The molecule has 5 heteroatoms. The van der Waals surface area contributed by atoms with Crippen molar-refractivity contribution in [3.05, 3.63) is 54.5 Å². The number of aryl methyl sites for hydroxylation is 1. The monoisotopic (exact) mass is 322 g/mol. The Bertz CT molecular complexity index is 863. The number of carbonyl (C=O) groups is 1. The summed E-state index contributed by atoms with van der Waals surface area (Å²) in [6.07, 6.45) is 8.04. The first-order chi connectivity index (χ1) is 11.7. The lowest BCUT2D eigenvalue weighted by Crippen LogP contribution is -2.40. The molecule has 5 nitrogen and oxygen atoms in total. The van der Waals surface area contributed by atoms with E-state index < -0.39 is 0 Å². The van der Waals surface area contributed by atoms with Gasteiger partial charge < -0.3 is 9.47 Å². The van der Waals surface area contributed by atoms with Crippen LogP contribution in [0.5, 0.6) is 0 Å². The lowest BCUT2D eigenvalue weighted by atomic mass is 10.2. The molecule has 2 aromatic heterocycles. The van der Waals surface area contributed by atoms with E-state index >= 15 is 0 Å². The quantitative estimate of drug-likeness (QED) is 0.741. The molecule has 0 unspecified atom stereocenters. The van der Waals surface area contributed by atoms with E-state index in [1.54, 1.807) is 0 Å². The maximum Gasteiger partial charge on any atom is 0.242 e. The van der Waals surface area contributed by atoms with E-state index in [0.717, 1.165) is 37.0 Å². The van der Waals surface area contributed by atoms with Crippen LogP contribution in [-0.2, 0) is 17.9 Å². The maximum atomic E-state index is 12.8. The van der Waals surface area contributed by atoms with Crippen molar-refractivity contribution in [1.82, 2.24) is 19.2 Å². The highest BCUT2D eigenvalue weighted by atomic mass is 16.2. The van der Waals surface area contributed by atoms with Crippen LogP contribution in [0.4, 0.5) is 0 Å². The Morgan fingerprint density at radius 3 is 3.00 bits per heavy atom. The number of likely N-dealkylation sites (tertiary alicyclic amines) is 1. The van der Waals surface area contributed by atoms with Crippen LogP contribution >= 0.6 is 0 Å². The predicted molar refractivity (Wildman–Crippen MR) is 93.6 cm³/mol. The van der Waals surface area contributed by atoms with Gasteiger partial charge in [-0.25, -0.2) is 0 Å². The van der Waals surface area contributed by atoms with Crippen LogP contribution in [0.25, 0.3) is 10.9 Å². The molecule has 0 radical (unpaired) electrons. The molecule has 1 atom stereocenters. The number of nitrogens with zero attached hydrogens (tertiary/aromatic N) is 4. The number of hydrogen-bond acceptors (Lipinski definition) is 2. The molecular formula is C19H22N4O. The lowest BCUT2D eigenvalue weighted by molar-refractivity contribution is -0.132. The molecule has 124 valence electrons. The van der Waals surface area contributed by atoms with Gasteiger partial charge in [0.15, 0.2) is 0 Å². The van der Waals surface area contributed by atoms with Gasteiger partial charge in [-0.3, -0.25) is 9.48 Å². The van der Waals surface area contributed by atoms with Crippen molar-refractivity contribution in [2.24, 2.45) is 0 Å². The van der Waals surface area contributed by atoms with Crippen molar-refractivity contribution in [2.45, 2.75) is 38.9 Å². The van der Waals surface area contributed by atoms with Crippen molar-refractivity contribution in [3.8, 4) is 0 Å². The van der Waals surface area contributed by atoms with Crippen molar-refractivity contribution in [1.29, 1.82) is 0 Å². The lowest BCUT2D eigenvalue weighted by Gasteiger charge is -2.25. The first kappa shape index (κ1) is 15.0. The molecule has 0 aliphatic carbocycles. The number of aromatic nitrogens is 3. The summed E-state index contributed by atoms with van der Waals surface area (Å²) in [6.45, 7) is 4.08. The van der Waals surface area contributed by atoms with Crippen LogP contribution in [0.2, 0.25) is 0 Å². The Labute approximate surface area is 141 Å². The van der Waals surface area contributed by atoms with Gasteiger partial charge in [-0.15, -0.1) is 0 Å². The molecule has 1 aliphatic heterocycles. The summed E-state index contributed by atoms with van der Waals surface area (Å²) in [7, 11) is 0. The van der Waals surface area contributed by atoms with Crippen LogP contribution < -0.4 is 0 Å². The second-order valence-corrected chi connectivity index (χ2v) is 6.63. The van der Waals surface area contributed by atoms with Crippen molar-refractivity contribution in [2.75, 3.05) is 6.54 Å². The molecule has 4 rings (SSSR count). The molecular weight excluding hydrogens is 300 g/mol. The molecule has 1 aromatic carbocycles. The third kappa shape index (κ3) is 2.82. The van der Waals surface area contributed by atoms with Crippen LogP contribution in [-0.4, -0.2) is 37.7 Å². The zero-order valence-electron chi connectivity index (χ0n) is 13.9. The number of hydrogen-bond donors (Lipinski definition) is 0. The van der Waals surface area contributed by atoms with E-state index in [9.17, 15) is 4.79 Å². The highest BCUT2D eigenvalue weighted by molar-refractivity contribution is 5.83. The summed E-state index contributed by atoms with van der Waals surface area (Å²) in [5.41, 5.74) is 2.27. The number of fused-ring (bicyclic) bond motifs is 1. The van der Waals surface area contributed by atoms with Gasteiger partial charge in [-0.1, -0.05) is 18.2 Å². The minimum absolute atomic E-state index is 0.197. The molecule has 3 aromatic rings. The van der Waals surface area contributed by atoms with E-state index in [1.165, 1.54) is 5.39 Å². The molecule has 24 heavy (non-hydrogen) atoms. The first-order valence-corrected chi connectivity index (χ1v) is 8.53. The van der Waals surface area contributed by atoms with Crippen LogP contribution in [0.15, 0.2) is 48.9 Å². The van der Waals surface area contributed by atoms with E-state index in [4.69, 9.17) is 0 Å². The van der Waals surface area contributed by atoms with Gasteiger partial charge in [0.1, 0.15) is 6.54 Å². The van der Waals surface area contributed by atoms with Crippen LogP contribution in [0.1, 0.15) is 18.4 Å². The smallest absolute Gasteiger partial charge is 0.242 e. The van der Waals surface area contributed by atoms with E-state index in [2.05, 4.69) is 23.3 Å². The number of benzene rings is 1. The highest BCUT2D eigenvalue weighted by Crippen LogP contribution is 2.21. The Kier molecular flexibility index (Phi) is 3.84. The molecule has 0 N–H and O–H groups in total. The Hall–Kier alpha value is -2.56. The van der Waals surface area contributed by atoms with E-state index in [1.807, 2.05) is 51.8 Å². The standard InChI is InChI=1S/C19H22N4O/c1-15-11-20-22(12-15)13-17-6-4-9-23(17)19(24)14-21-10-8-16-5-2-3-7-18(16)21/h2-3,5,7-8,10-12,17H,4,6,9,13-14H2,1H3/t17-/m0/s1. The van der Waals surface area contributed by atoms with Gasteiger partial charge in [-0.2, -0.15) is 5.10 Å². The maximum absolute atomic E-state index is 12.8. The third-order valence-electron chi connectivity index (χ3n) is 4.84. The van der Waals surface area contributed by atoms with Gasteiger partial charge in [-0.05, 0) is 42.8 Å². The van der Waals surface area contributed by atoms with E-state index in [-0.39, 0.29) is 11.9 Å². The minimum Gasteiger partial charge on any atom is -0.338 e. The summed E-state index contributed by atoms with van der Waals surface area (Å²) in [5.74, 6) is 0.197. The van der Waals surface area contributed by atoms with Gasteiger partial charge >= 0.3 is 0 Å². The minimum atomic E-state index is 0.197. The topological polar surface area (TPSA) is 43.1 Å². The largest absolute Gasteiger partial charge is 0.338 e. The van der Waals surface area contributed by atoms with Gasteiger partial charge in [0, 0.05) is 24.5 Å². The molecule has 1 saturated heterocycles. The zero-order valence-corrected chi connectivity index (χ0v) is 13.9. The van der Waals surface area contributed by atoms with Gasteiger partial charge in [0.05, 0.1) is 18.8 Å². The number of para-hydroxylation sites is 1. The summed E-state index contributed by atoms with van der Waals surface area (Å²) >= 11 is 0. The highest BCUT2D eigenvalue weighted by Gasteiger charge is 2.29. The summed E-state index contributed by atoms with van der Waals surface area (Å²) in [4.78, 5) is 14.9. The zero-order chi connectivity index (χ0) is 16.5. The Balaban J connectivity index is 1.48. The molecule has 3 heterocycles. The molecule has 1 fully saturated rings. The fraction of sp³-hybridized carbons (Fsp3) is 0.368. The average molecular weight is 322 g/mol. The SMILES string of the molecule is Cc1cnn(C[C@@H]2CCCN2C(=O)Cn2ccc3ccccc32)c1. The average Bonchev–Trinajstić information content (AvgIpc) is 3.29. The van der Waals surface area contributed by atoms with E-state index in [0.29, 0.717) is 6.54 Å².